The Morgan fingerprint density at radius 1 is 0.414 bits per heavy atom. The third-order valence-corrected chi connectivity index (χ3v) is 11.9. The number of benzene rings is 6. The SMILES string of the molecule is CCCCCCCCCCOC(=O)Oc1c2ccccc2c(-c2c3ccccc3c(OC(=O)OCCCCCCCCCC)c3ccc(Br)cc23)c2cc(Br)ccc12. The van der Waals surface area contributed by atoms with Crippen molar-refractivity contribution in [2.75, 3.05) is 13.2 Å². The van der Waals surface area contributed by atoms with Crippen molar-refractivity contribution in [3.63, 3.8) is 0 Å². The van der Waals surface area contributed by atoms with Gasteiger partial charge >= 0.3 is 12.3 Å². The summed E-state index contributed by atoms with van der Waals surface area (Å²) in [6.45, 7) is 5.10. The average Bonchev–Trinajstić information content (AvgIpc) is 3.23. The molecule has 0 saturated heterocycles. The molecule has 0 radical (unpaired) electrons. The fourth-order valence-electron chi connectivity index (χ4n) is 7.99. The van der Waals surface area contributed by atoms with E-state index in [1.807, 2.05) is 60.7 Å². The van der Waals surface area contributed by atoms with Gasteiger partial charge in [-0.2, -0.15) is 0 Å². The lowest BCUT2D eigenvalue weighted by Gasteiger charge is -2.21. The van der Waals surface area contributed by atoms with Gasteiger partial charge < -0.3 is 18.9 Å². The maximum atomic E-state index is 13.3. The van der Waals surface area contributed by atoms with Crippen LogP contribution in [0.3, 0.4) is 0 Å². The van der Waals surface area contributed by atoms with Gasteiger partial charge in [0.2, 0.25) is 0 Å². The monoisotopic (exact) mass is 910 g/mol. The number of fused-ring (bicyclic) bond motifs is 4. The predicted octanol–water partition coefficient (Wildman–Crippen LogP) is 16.8. The highest BCUT2D eigenvalue weighted by Gasteiger charge is 2.25. The first-order valence-corrected chi connectivity index (χ1v) is 23.0. The second-order valence-corrected chi connectivity index (χ2v) is 17.1. The molecule has 0 fully saturated rings. The Bertz CT molecular complexity index is 2160. The molecule has 0 unspecified atom stereocenters. The Balaban J connectivity index is 1.33. The molecule has 58 heavy (non-hydrogen) atoms. The first kappa shape index (κ1) is 43.4. The average molecular weight is 913 g/mol. The van der Waals surface area contributed by atoms with Gasteiger partial charge in [-0.3, -0.25) is 0 Å². The van der Waals surface area contributed by atoms with Crippen LogP contribution < -0.4 is 9.47 Å². The Morgan fingerprint density at radius 3 is 1.12 bits per heavy atom. The van der Waals surface area contributed by atoms with E-state index in [1.165, 1.54) is 64.2 Å². The standard InChI is InChI=1S/C50H56Br2O6/c1-3-5-7-9-11-13-15-21-31-55-49(53)57-47-39-25-19-17-23-37(39)45(43-33-35(51)27-29-41(43)47)46-38-24-18-20-26-40(38)48(42-30-28-36(52)34-44(42)46)58-50(54)56-32-22-16-14-12-10-8-6-4-2/h17-20,23-30,33-34H,3-16,21-22,31-32H2,1-2H3. The summed E-state index contributed by atoms with van der Waals surface area (Å²) in [6.07, 6.45) is 17.1. The molecule has 306 valence electrons. The zero-order valence-corrected chi connectivity index (χ0v) is 37.2. The molecule has 0 N–H and O–H groups in total. The molecule has 0 heterocycles. The maximum Gasteiger partial charge on any atom is 0.513 e. The van der Waals surface area contributed by atoms with Crippen molar-refractivity contribution < 1.29 is 28.5 Å². The van der Waals surface area contributed by atoms with Gasteiger partial charge in [-0.05, 0) is 81.9 Å². The Labute approximate surface area is 360 Å². The maximum absolute atomic E-state index is 13.3. The Hall–Kier alpha value is -4.14. The second kappa shape index (κ2) is 22.3. The summed E-state index contributed by atoms with van der Waals surface area (Å²) in [6, 6.07) is 28.0. The van der Waals surface area contributed by atoms with Crippen LogP contribution in [-0.2, 0) is 9.47 Å². The summed E-state index contributed by atoms with van der Waals surface area (Å²) < 4.78 is 25.3. The lowest BCUT2D eigenvalue weighted by Crippen LogP contribution is -2.12. The van der Waals surface area contributed by atoms with E-state index in [-0.39, 0.29) is 0 Å². The second-order valence-electron chi connectivity index (χ2n) is 15.2. The third-order valence-electron chi connectivity index (χ3n) is 10.9. The Kier molecular flexibility index (Phi) is 16.7. The lowest BCUT2D eigenvalue weighted by atomic mass is 9.85. The molecule has 6 rings (SSSR count). The first-order valence-electron chi connectivity index (χ1n) is 21.4. The van der Waals surface area contributed by atoms with Crippen LogP contribution in [0.25, 0.3) is 54.2 Å². The summed E-state index contributed by atoms with van der Waals surface area (Å²) in [5.74, 6) is 0.911. The summed E-state index contributed by atoms with van der Waals surface area (Å²) in [7, 11) is 0. The summed E-state index contributed by atoms with van der Waals surface area (Å²) in [4.78, 5) is 26.6. The van der Waals surface area contributed by atoms with Crippen molar-refractivity contribution in [2.24, 2.45) is 0 Å². The number of halogens is 2. The van der Waals surface area contributed by atoms with Gasteiger partial charge in [0.25, 0.3) is 0 Å². The van der Waals surface area contributed by atoms with E-state index in [9.17, 15) is 9.59 Å². The lowest BCUT2D eigenvalue weighted by molar-refractivity contribution is 0.0972. The number of carbonyl (C=O) groups is 2. The fraction of sp³-hybridized carbons (Fsp3) is 0.400. The van der Waals surface area contributed by atoms with Crippen LogP contribution in [0.2, 0.25) is 0 Å². The zero-order chi connectivity index (χ0) is 40.7. The van der Waals surface area contributed by atoms with Crippen molar-refractivity contribution in [3.05, 3.63) is 93.9 Å². The molecule has 0 bridgehead atoms. The fourth-order valence-corrected chi connectivity index (χ4v) is 8.71. The van der Waals surface area contributed by atoms with Crippen molar-refractivity contribution in [2.45, 2.75) is 117 Å². The topological polar surface area (TPSA) is 71.1 Å². The van der Waals surface area contributed by atoms with Crippen LogP contribution in [0.1, 0.15) is 117 Å². The molecule has 0 amide bonds. The number of unbranched alkanes of at least 4 members (excludes halogenated alkanes) is 14. The number of hydrogen-bond donors (Lipinski definition) is 0. The van der Waals surface area contributed by atoms with E-state index >= 15 is 0 Å². The zero-order valence-electron chi connectivity index (χ0n) is 34.0. The van der Waals surface area contributed by atoms with E-state index in [4.69, 9.17) is 18.9 Å². The highest BCUT2D eigenvalue weighted by atomic mass is 79.9. The van der Waals surface area contributed by atoms with Crippen LogP contribution in [0, 0.1) is 0 Å². The Morgan fingerprint density at radius 2 is 0.741 bits per heavy atom. The summed E-state index contributed by atoms with van der Waals surface area (Å²) in [5, 5.41) is 6.72. The van der Waals surface area contributed by atoms with Gasteiger partial charge in [0, 0.05) is 30.5 Å². The van der Waals surface area contributed by atoms with Crippen molar-refractivity contribution in [1.82, 2.24) is 0 Å². The van der Waals surface area contributed by atoms with E-state index < -0.39 is 12.3 Å². The molecule has 6 aromatic carbocycles. The van der Waals surface area contributed by atoms with Crippen LogP contribution in [0.5, 0.6) is 11.5 Å². The molecular weight excluding hydrogens is 856 g/mol. The van der Waals surface area contributed by atoms with Crippen molar-refractivity contribution in [1.29, 1.82) is 0 Å². The summed E-state index contributed by atoms with van der Waals surface area (Å²) in [5.41, 5.74) is 1.93. The van der Waals surface area contributed by atoms with Crippen molar-refractivity contribution >= 4 is 87.3 Å². The molecule has 0 aliphatic rings. The molecular formula is C50H56Br2O6. The quantitative estimate of drug-likeness (QED) is 0.0310. The van der Waals surface area contributed by atoms with Gasteiger partial charge in [-0.15, -0.1) is 0 Å². The van der Waals surface area contributed by atoms with E-state index in [0.717, 1.165) is 102 Å². The van der Waals surface area contributed by atoms with Gasteiger partial charge in [0.05, 0.1) is 13.2 Å². The van der Waals surface area contributed by atoms with E-state index in [0.29, 0.717) is 24.7 Å². The van der Waals surface area contributed by atoms with Crippen LogP contribution >= 0.6 is 31.9 Å². The molecule has 0 aliphatic heterocycles. The minimum absolute atomic E-state index is 0.321. The minimum atomic E-state index is -0.708. The van der Waals surface area contributed by atoms with Crippen LogP contribution in [0.15, 0.2) is 93.9 Å². The smallest absolute Gasteiger partial charge is 0.434 e. The number of hydrogen-bond acceptors (Lipinski definition) is 6. The first-order chi connectivity index (χ1) is 28.4. The molecule has 0 aromatic heterocycles. The summed E-state index contributed by atoms with van der Waals surface area (Å²) >= 11 is 7.47. The molecule has 0 atom stereocenters. The molecule has 6 aromatic rings. The third kappa shape index (κ3) is 11.1. The van der Waals surface area contributed by atoms with Crippen molar-refractivity contribution in [3.8, 4) is 22.6 Å². The predicted molar refractivity (Wildman–Crippen MR) is 246 cm³/mol. The van der Waals surface area contributed by atoms with Crippen LogP contribution in [-0.4, -0.2) is 25.5 Å². The number of carbonyl (C=O) groups excluding carboxylic acids is 2. The number of rotatable bonds is 21. The molecule has 6 nitrogen and oxygen atoms in total. The highest BCUT2D eigenvalue weighted by molar-refractivity contribution is 9.10. The molecule has 0 saturated carbocycles. The molecule has 0 aliphatic carbocycles. The normalized spacial score (nSPS) is 11.4. The molecule has 0 spiro atoms. The van der Waals surface area contributed by atoms with Gasteiger partial charge in [-0.1, -0.05) is 184 Å². The highest BCUT2D eigenvalue weighted by Crippen LogP contribution is 2.50. The van der Waals surface area contributed by atoms with Gasteiger partial charge in [-0.25, -0.2) is 9.59 Å². The van der Waals surface area contributed by atoms with Gasteiger partial charge in [0.15, 0.2) is 0 Å². The van der Waals surface area contributed by atoms with E-state index in [2.05, 4.69) is 70.0 Å². The van der Waals surface area contributed by atoms with E-state index in [1.54, 1.807) is 0 Å². The van der Waals surface area contributed by atoms with Gasteiger partial charge in [0.1, 0.15) is 11.5 Å². The minimum Gasteiger partial charge on any atom is -0.434 e. The number of ether oxygens (including phenoxy) is 4. The largest absolute Gasteiger partial charge is 0.513 e. The van der Waals surface area contributed by atoms with Crippen LogP contribution in [0.4, 0.5) is 9.59 Å². The molecule has 8 heteroatoms.